The number of benzene rings is 1. The number of carbonyl (C=O) groups is 2. The number of aromatic nitrogens is 1. The molecule has 0 aliphatic heterocycles. The van der Waals surface area contributed by atoms with Gasteiger partial charge in [0.25, 0.3) is 0 Å². The molecule has 8 nitrogen and oxygen atoms in total. The first-order valence-corrected chi connectivity index (χ1v) is 8.56. The Balaban J connectivity index is 1.67. The van der Waals surface area contributed by atoms with E-state index in [2.05, 4.69) is 15.2 Å². The summed E-state index contributed by atoms with van der Waals surface area (Å²) in [6, 6.07) is 10.7. The smallest absolute Gasteiger partial charge is 0.317 e. The number of aliphatic carboxylic acids is 2. The highest BCUT2D eigenvalue weighted by Gasteiger charge is 2.24. The van der Waals surface area contributed by atoms with Crippen LogP contribution in [-0.4, -0.2) is 33.7 Å². The average Bonchev–Trinajstić information content (AvgIpc) is 2.67. The number of carboxylic acid groups (broad SMARTS) is 2. The number of ether oxygens (including phenoxy) is 1. The fourth-order valence-corrected chi connectivity index (χ4v) is 2.31. The van der Waals surface area contributed by atoms with E-state index in [4.69, 9.17) is 14.9 Å². The molecule has 0 bridgehead atoms. The maximum atomic E-state index is 10.8. The van der Waals surface area contributed by atoms with Crippen LogP contribution < -0.4 is 4.74 Å². The Morgan fingerprint density at radius 3 is 2.07 bits per heavy atom. The minimum Gasteiger partial charge on any atom is -0.494 e. The van der Waals surface area contributed by atoms with Crippen LogP contribution in [0.2, 0.25) is 0 Å². The van der Waals surface area contributed by atoms with E-state index >= 15 is 0 Å². The van der Waals surface area contributed by atoms with Gasteiger partial charge in [0.1, 0.15) is 5.75 Å². The molecule has 0 fully saturated rings. The second-order valence-corrected chi connectivity index (χ2v) is 5.83. The van der Waals surface area contributed by atoms with Crippen molar-refractivity contribution >= 4 is 23.3 Å². The Kier molecular flexibility index (Phi) is 7.90. The quantitative estimate of drug-likeness (QED) is 0.346. The SMILES string of the molecule is O=C(O)C(CCCCCOc1ccc(N=Nc2ccncc2)cc1)C(=O)O. The third-order valence-corrected chi connectivity index (χ3v) is 3.78. The van der Waals surface area contributed by atoms with Gasteiger partial charge in [0.15, 0.2) is 5.92 Å². The van der Waals surface area contributed by atoms with Gasteiger partial charge in [0.05, 0.1) is 18.0 Å². The van der Waals surface area contributed by atoms with Crippen LogP contribution in [0.25, 0.3) is 0 Å². The molecule has 142 valence electrons. The minimum absolute atomic E-state index is 0.127. The Bertz CT molecular complexity index is 749. The number of carboxylic acids is 2. The minimum atomic E-state index is -1.33. The summed E-state index contributed by atoms with van der Waals surface area (Å²) in [6.45, 7) is 0.475. The second-order valence-electron chi connectivity index (χ2n) is 5.83. The first kappa shape index (κ1) is 20.0. The highest BCUT2D eigenvalue weighted by molar-refractivity contribution is 5.92. The molecule has 1 aromatic carbocycles. The lowest BCUT2D eigenvalue weighted by Gasteiger charge is -2.08. The third-order valence-electron chi connectivity index (χ3n) is 3.78. The van der Waals surface area contributed by atoms with Crippen LogP contribution >= 0.6 is 0 Å². The summed E-state index contributed by atoms with van der Waals surface area (Å²) < 4.78 is 5.61. The van der Waals surface area contributed by atoms with Crippen molar-refractivity contribution in [3.05, 3.63) is 48.8 Å². The van der Waals surface area contributed by atoms with Crippen LogP contribution in [-0.2, 0) is 9.59 Å². The Morgan fingerprint density at radius 1 is 0.889 bits per heavy atom. The van der Waals surface area contributed by atoms with Crippen molar-refractivity contribution in [1.82, 2.24) is 4.98 Å². The molecule has 8 heteroatoms. The molecule has 0 saturated heterocycles. The van der Waals surface area contributed by atoms with Crippen LogP contribution in [0.4, 0.5) is 11.4 Å². The molecule has 0 aliphatic carbocycles. The number of pyridine rings is 1. The van der Waals surface area contributed by atoms with Gasteiger partial charge in [-0.05, 0) is 49.2 Å². The molecule has 1 heterocycles. The summed E-state index contributed by atoms with van der Waals surface area (Å²) in [5.74, 6) is -3.22. The molecular weight excluding hydrogens is 350 g/mol. The molecule has 0 amide bonds. The Labute approximate surface area is 156 Å². The van der Waals surface area contributed by atoms with Gasteiger partial charge in [0.2, 0.25) is 0 Å². The van der Waals surface area contributed by atoms with Gasteiger partial charge in [-0.1, -0.05) is 12.8 Å². The molecule has 0 unspecified atom stereocenters. The average molecular weight is 371 g/mol. The van der Waals surface area contributed by atoms with E-state index in [1.54, 1.807) is 48.8 Å². The molecule has 27 heavy (non-hydrogen) atoms. The topological polar surface area (TPSA) is 121 Å². The van der Waals surface area contributed by atoms with Crippen molar-refractivity contribution in [3.8, 4) is 5.75 Å². The zero-order chi connectivity index (χ0) is 19.5. The monoisotopic (exact) mass is 371 g/mol. The first-order valence-electron chi connectivity index (χ1n) is 8.56. The molecule has 0 atom stereocenters. The van der Waals surface area contributed by atoms with Gasteiger partial charge >= 0.3 is 11.9 Å². The van der Waals surface area contributed by atoms with Gasteiger partial charge in [-0.15, -0.1) is 0 Å². The second kappa shape index (κ2) is 10.6. The lowest BCUT2D eigenvalue weighted by Crippen LogP contribution is -2.23. The van der Waals surface area contributed by atoms with Crippen molar-refractivity contribution < 1.29 is 24.5 Å². The van der Waals surface area contributed by atoms with E-state index < -0.39 is 17.9 Å². The highest BCUT2D eigenvalue weighted by atomic mass is 16.5. The number of rotatable bonds is 11. The summed E-state index contributed by atoms with van der Waals surface area (Å²) >= 11 is 0. The van der Waals surface area contributed by atoms with Crippen molar-refractivity contribution in [2.75, 3.05) is 6.61 Å². The van der Waals surface area contributed by atoms with Gasteiger partial charge in [-0.3, -0.25) is 14.6 Å². The number of unbranched alkanes of at least 4 members (excludes halogenated alkanes) is 2. The van der Waals surface area contributed by atoms with E-state index in [1.807, 2.05) is 0 Å². The van der Waals surface area contributed by atoms with E-state index in [9.17, 15) is 9.59 Å². The largest absolute Gasteiger partial charge is 0.494 e. The van der Waals surface area contributed by atoms with Crippen LogP contribution in [0, 0.1) is 5.92 Å². The van der Waals surface area contributed by atoms with Gasteiger partial charge < -0.3 is 14.9 Å². The van der Waals surface area contributed by atoms with Crippen molar-refractivity contribution in [2.24, 2.45) is 16.1 Å². The zero-order valence-corrected chi connectivity index (χ0v) is 14.7. The predicted molar refractivity (Wildman–Crippen MR) is 97.6 cm³/mol. The Hall–Kier alpha value is -3.29. The maximum Gasteiger partial charge on any atom is 0.317 e. The fraction of sp³-hybridized carbons (Fsp3) is 0.316. The van der Waals surface area contributed by atoms with Crippen LogP contribution in [0.15, 0.2) is 59.0 Å². The normalized spacial score (nSPS) is 11.0. The maximum absolute atomic E-state index is 10.8. The van der Waals surface area contributed by atoms with Crippen LogP contribution in [0.1, 0.15) is 25.7 Å². The number of nitrogens with zero attached hydrogens (tertiary/aromatic N) is 3. The number of hydrogen-bond donors (Lipinski definition) is 2. The molecule has 0 saturated carbocycles. The standard InChI is InChI=1S/C19H21N3O5/c23-18(24)17(19(25)26)4-2-1-3-13-27-16-7-5-14(6-8-16)21-22-15-9-11-20-12-10-15/h5-12,17H,1-4,13H2,(H,23,24)(H,25,26). The van der Waals surface area contributed by atoms with Crippen LogP contribution in [0.5, 0.6) is 5.75 Å². The number of hydrogen-bond acceptors (Lipinski definition) is 6. The molecule has 2 N–H and O–H groups in total. The van der Waals surface area contributed by atoms with Gasteiger partial charge in [-0.25, -0.2) is 0 Å². The summed E-state index contributed by atoms with van der Waals surface area (Å²) in [5, 5.41) is 25.8. The fourth-order valence-electron chi connectivity index (χ4n) is 2.31. The van der Waals surface area contributed by atoms with E-state index in [0.29, 0.717) is 30.9 Å². The van der Waals surface area contributed by atoms with E-state index in [0.717, 1.165) is 12.1 Å². The summed E-state index contributed by atoms with van der Waals surface area (Å²) in [7, 11) is 0. The summed E-state index contributed by atoms with van der Waals surface area (Å²) in [4.78, 5) is 25.5. The highest BCUT2D eigenvalue weighted by Crippen LogP contribution is 2.21. The van der Waals surface area contributed by atoms with E-state index in [-0.39, 0.29) is 6.42 Å². The molecule has 0 aliphatic rings. The van der Waals surface area contributed by atoms with Crippen molar-refractivity contribution in [1.29, 1.82) is 0 Å². The third kappa shape index (κ3) is 7.23. The number of azo groups is 1. The molecule has 2 aromatic rings. The zero-order valence-electron chi connectivity index (χ0n) is 14.7. The van der Waals surface area contributed by atoms with Gasteiger partial charge in [-0.2, -0.15) is 10.2 Å². The van der Waals surface area contributed by atoms with Crippen LogP contribution in [0.3, 0.4) is 0 Å². The van der Waals surface area contributed by atoms with Gasteiger partial charge in [0, 0.05) is 12.4 Å². The Morgan fingerprint density at radius 2 is 1.48 bits per heavy atom. The first-order chi connectivity index (χ1) is 13.1. The molecule has 1 aromatic heterocycles. The molecule has 0 radical (unpaired) electrons. The predicted octanol–water partition coefficient (Wildman–Crippen LogP) is 4.22. The summed E-state index contributed by atoms with van der Waals surface area (Å²) in [6.07, 6.45) is 5.37. The molecule has 0 spiro atoms. The van der Waals surface area contributed by atoms with Crippen molar-refractivity contribution in [2.45, 2.75) is 25.7 Å². The van der Waals surface area contributed by atoms with Crippen molar-refractivity contribution in [3.63, 3.8) is 0 Å². The summed E-state index contributed by atoms with van der Waals surface area (Å²) in [5.41, 5.74) is 1.42. The lowest BCUT2D eigenvalue weighted by molar-refractivity contribution is -0.154. The van der Waals surface area contributed by atoms with E-state index in [1.165, 1.54) is 0 Å². The molecule has 2 rings (SSSR count). The molecular formula is C19H21N3O5. The lowest BCUT2D eigenvalue weighted by atomic mass is 10.0.